The van der Waals surface area contributed by atoms with Crippen LogP contribution in [0.4, 0.5) is 5.69 Å². The highest BCUT2D eigenvalue weighted by molar-refractivity contribution is 9.10. The molecule has 2 rings (SSSR count). The van der Waals surface area contributed by atoms with Crippen molar-refractivity contribution in [2.45, 2.75) is 19.4 Å². The zero-order chi connectivity index (χ0) is 13.0. The first-order chi connectivity index (χ1) is 8.70. The molecule has 0 saturated heterocycles. The first-order valence-corrected chi connectivity index (χ1v) is 7.61. The summed E-state index contributed by atoms with van der Waals surface area (Å²) in [5.74, 6) is 0. The SMILES string of the molecule is CCc1cc(Br)ccc1NCC(O)c1cccs1. The molecular formula is C14H16BrNOS. The second kappa shape index (κ2) is 6.36. The third-order valence-corrected chi connectivity index (χ3v) is 4.27. The van der Waals surface area contributed by atoms with Crippen molar-refractivity contribution in [3.63, 3.8) is 0 Å². The molecule has 1 atom stereocenters. The number of anilines is 1. The number of hydrogen-bond donors (Lipinski definition) is 2. The Balaban J connectivity index is 2.02. The molecule has 0 saturated carbocycles. The smallest absolute Gasteiger partial charge is 0.105 e. The molecule has 1 heterocycles. The van der Waals surface area contributed by atoms with Crippen molar-refractivity contribution in [3.8, 4) is 0 Å². The van der Waals surface area contributed by atoms with Gasteiger partial charge in [0.05, 0.1) is 0 Å². The van der Waals surface area contributed by atoms with Crippen LogP contribution in [0.25, 0.3) is 0 Å². The highest BCUT2D eigenvalue weighted by Crippen LogP contribution is 2.24. The van der Waals surface area contributed by atoms with Gasteiger partial charge in [-0.1, -0.05) is 28.9 Å². The van der Waals surface area contributed by atoms with Gasteiger partial charge in [0.25, 0.3) is 0 Å². The van der Waals surface area contributed by atoms with Crippen LogP contribution in [-0.2, 0) is 6.42 Å². The van der Waals surface area contributed by atoms with Gasteiger partial charge in [-0.15, -0.1) is 11.3 Å². The Morgan fingerprint density at radius 3 is 2.89 bits per heavy atom. The van der Waals surface area contributed by atoms with E-state index in [2.05, 4.69) is 34.2 Å². The fourth-order valence-corrected chi connectivity index (χ4v) is 2.94. The molecular weight excluding hydrogens is 310 g/mol. The second-order valence-electron chi connectivity index (χ2n) is 4.07. The minimum atomic E-state index is -0.446. The van der Waals surface area contributed by atoms with Gasteiger partial charge in [0.1, 0.15) is 6.10 Å². The normalized spacial score (nSPS) is 12.4. The van der Waals surface area contributed by atoms with Gasteiger partial charge < -0.3 is 10.4 Å². The number of halogens is 1. The summed E-state index contributed by atoms with van der Waals surface area (Å²) in [6, 6.07) is 10.1. The predicted octanol–water partition coefficient (Wildman–Crippen LogP) is 4.22. The van der Waals surface area contributed by atoms with Crippen molar-refractivity contribution in [2.75, 3.05) is 11.9 Å². The van der Waals surface area contributed by atoms with Gasteiger partial charge in [-0.3, -0.25) is 0 Å². The summed E-state index contributed by atoms with van der Waals surface area (Å²) in [5.41, 5.74) is 2.35. The molecule has 0 fully saturated rings. The molecule has 2 N–H and O–H groups in total. The Morgan fingerprint density at radius 1 is 1.39 bits per heavy atom. The monoisotopic (exact) mass is 325 g/mol. The van der Waals surface area contributed by atoms with Crippen LogP contribution in [0.1, 0.15) is 23.5 Å². The zero-order valence-electron chi connectivity index (χ0n) is 10.2. The molecule has 2 nitrogen and oxygen atoms in total. The number of aliphatic hydroxyl groups excluding tert-OH is 1. The van der Waals surface area contributed by atoms with Gasteiger partial charge in [0.15, 0.2) is 0 Å². The molecule has 2 aromatic rings. The van der Waals surface area contributed by atoms with Crippen LogP contribution in [-0.4, -0.2) is 11.7 Å². The summed E-state index contributed by atoms with van der Waals surface area (Å²) < 4.78 is 1.09. The van der Waals surface area contributed by atoms with Crippen LogP contribution in [0, 0.1) is 0 Å². The van der Waals surface area contributed by atoms with Crippen molar-refractivity contribution >= 4 is 33.0 Å². The molecule has 1 aromatic heterocycles. The Morgan fingerprint density at radius 2 is 2.22 bits per heavy atom. The Kier molecular flexibility index (Phi) is 4.80. The number of rotatable bonds is 5. The van der Waals surface area contributed by atoms with E-state index in [1.54, 1.807) is 11.3 Å². The molecule has 1 unspecified atom stereocenters. The molecule has 18 heavy (non-hydrogen) atoms. The van der Waals surface area contributed by atoms with E-state index < -0.39 is 6.10 Å². The van der Waals surface area contributed by atoms with Crippen LogP contribution in [0.3, 0.4) is 0 Å². The lowest BCUT2D eigenvalue weighted by atomic mass is 10.1. The van der Waals surface area contributed by atoms with Crippen molar-refractivity contribution in [1.29, 1.82) is 0 Å². The lowest BCUT2D eigenvalue weighted by Crippen LogP contribution is -2.12. The van der Waals surface area contributed by atoms with E-state index in [0.717, 1.165) is 21.5 Å². The summed E-state index contributed by atoms with van der Waals surface area (Å²) in [4.78, 5) is 0.998. The summed E-state index contributed by atoms with van der Waals surface area (Å²) in [5, 5.41) is 15.3. The van der Waals surface area contributed by atoms with Gasteiger partial charge in [0.2, 0.25) is 0 Å². The summed E-state index contributed by atoms with van der Waals surface area (Å²) in [6.07, 6.45) is 0.523. The van der Waals surface area contributed by atoms with Crippen molar-refractivity contribution < 1.29 is 5.11 Å². The van der Waals surface area contributed by atoms with E-state index in [9.17, 15) is 5.11 Å². The van der Waals surface area contributed by atoms with Gasteiger partial charge in [-0.25, -0.2) is 0 Å². The highest BCUT2D eigenvalue weighted by Gasteiger charge is 2.09. The van der Waals surface area contributed by atoms with Crippen molar-refractivity contribution in [3.05, 3.63) is 50.6 Å². The average Bonchev–Trinajstić information content (AvgIpc) is 2.90. The molecule has 0 radical (unpaired) electrons. The van der Waals surface area contributed by atoms with Gasteiger partial charge in [0, 0.05) is 21.6 Å². The topological polar surface area (TPSA) is 32.3 Å². The maximum Gasteiger partial charge on any atom is 0.105 e. The predicted molar refractivity (Wildman–Crippen MR) is 81.3 cm³/mol. The average molecular weight is 326 g/mol. The third kappa shape index (κ3) is 3.34. The number of nitrogens with one attached hydrogen (secondary N) is 1. The molecule has 1 aromatic carbocycles. The molecule has 4 heteroatoms. The zero-order valence-corrected chi connectivity index (χ0v) is 12.6. The maximum atomic E-state index is 10.0. The second-order valence-corrected chi connectivity index (χ2v) is 5.96. The van der Waals surface area contributed by atoms with E-state index in [4.69, 9.17) is 0 Å². The fourth-order valence-electron chi connectivity index (χ4n) is 1.82. The van der Waals surface area contributed by atoms with E-state index in [1.807, 2.05) is 29.6 Å². The largest absolute Gasteiger partial charge is 0.386 e. The molecule has 0 spiro atoms. The molecule has 0 bridgehead atoms. The minimum absolute atomic E-state index is 0.446. The van der Waals surface area contributed by atoms with Crippen LogP contribution in [0.5, 0.6) is 0 Å². The first-order valence-electron chi connectivity index (χ1n) is 5.94. The standard InChI is InChI=1S/C14H16BrNOS/c1-2-10-8-11(15)5-6-12(10)16-9-13(17)14-4-3-7-18-14/h3-8,13,16-17H,2,9H2,1H3. The van der Waals surface area contributed by atoms with Crippen LogP contribution >= 0.6 is 27.3 Å². The Labute approximate surface area is 120 Å². The summed E-state index contributed by atoms with van der Waals surface area (Å²) in [6.45, 7) is 2.66. The van der Waals surface area contributed by atoms with Crippen LogP contribution < -0.4 is 5.32 Å². The number of aryl methyl sites for hydroxylation is 1. The number of benzene rings is 1. The minimum Gasteiger partial charge on any atom is -0.386 e. The fraction of sp³-hybridized carbons (Fsp3) is 0.286. The summed E-state index contributed by atoms with van der Waals surface area (Å²) >= 11 is 5.05. The number of aliphatic hydroxyl groups is 1. The van der Waals surface area contributed by atoms with Gasteiger partial charge >= 0.3 is 0 Å². The van der Waals surface area contributed by atoms with Crippen molar-refractivity contribution in [1.82, 2.24) is 0 Å². The van der Waals surface area contributed by atoms with Gasteiger partial charge in [-0.2, -0.15) is 0 Å². The van der Waals surface area contributed by atoms with E-state index in [-0.39, 0.29) is 0 Å². The number of hydrogen-bond acceptors (Lipinski definition) is 3. The Bertz CT molecular complexity index is 499. The lowest BCUT2D eigenvalue weighted by Gasteiger charge is -2.14. The van der Waals surface area contributed by atoms with Gasteiger partial charge in [-0.05, 0) is 41.6 Å². The van der Waals surface area contributed by atoms with E-state index >= 15 is 0 Å². The molecule has 0 amide bonds. The first kappa shape index (κ1) is 13.6. The molecule has 0 aliphatic heterocycles. The summed E-state index contributed by atoms with van der Waals surface area (Å²) in [7, 11) is 0. The lowest BCUT2D eigenvalue weighted by molar-refractivity contribution is 0.195. The third-order valence-electron chi connectivity index (χ3n) is 2.81. The van der Waals surface area contributed by atoms with E-state index in [1.165, 1.54) is 5.56 Å². The molecule has 0 aliphatic rings. The molecule has 96 valence electrons. The van der Waals surface area contributed by atoms with Crippen LogP contribution in [0.2, 0.25) is 0 Å². The van der Waals surface area contributed by atoms with Crippen molar-refractivity contribution in [2.24, 2.45) is 0 Å². The number of thiophene rings is 1. The van der Waals surface area contributed by atoms with Crippen LogP contribution in [0.15, 0.2) is 40.2 Å². The van der Waals surface area contributed by atoms with E-state index in [0.29, 0.717) is 6.54 Å². The quantitative estimate of drug-likeness (QED) is 0.862. The maximum absolute atomic E-state index is 10.0. The highest BCUT2D eigenvalue weighted by atomic mass is 79.9. The molecule has 0 aliphatic carbocycles. The Hall–Kier alpha value is -0.840.